The van der Waals surface area contributed by atoms with Crippen molar-refractivity contribution in [1.82, 2.24) is 10.1 Å². The molecule has 0 spiro atoms. The molecule has 1 unspecified atom stereocenters. The molecule has 1 aromatic carbocycles. The minimum absolute atomic E-state index is 0.140. The molecule has 0 fully saturated rings. The van der Waals surface area contributed by atoms with Gasteiger partial charge in [-0.3, -0.25) is 0 Å². The van der Waals surface area contributed by atoms with Crippen LogP contribution in [0.25, 0.3) is 0 Å². The zero-order valence-electron chi connectivity index (χ0n) is 12.5. The quantitative estimate of drug-likeness (QED) is 0.835. The van der Waals surface area contributed by atoms with E-state index in [9.17, 15) is 0 Å². The van der Waals surface area contributed by atoms with Gasteiger partial charge in [0.25, 0.3) is 0 Å². The van der Waals surface area contributed by atoms with E-state index < -0.39 is 0 Å². The van der Waals surface area contributed by atoms with Crippen LogP contribution in [0.3, 0.4) is 0 Å². The van der Waals surface area contributed by atoms with Crippen molar-refractivity contribution in [2.75, 3.05) is 11.9 Å². The molecule has 2 rings (SSSR count). The first-order valence-corrected chi connectivity index (χ1v) is 7.41. The molecule has 6 heteroatoms. The zero-order valence-corrected chi connectivity index (χ0v) is 13.2. The minimum Gasteiger partial charge on any atom is -0.376 e. The van der Waals surface area contributed by atoms with Gasteiger partial charge in [-0.15, -0.1) is 0 Å². The van der Waals surface area contributed by atoms with Gasteiger partial charge in [0.15, 0.2) is 0 Å². The number of aromatic nitrogens is 2. The van der Waals surface area contributed by atoms with E-state index in [-0.39, 0.29) is 12.0 Å². The number of halogens is 1. The number of nitrogens with one attached hydrogen (secondary N) is 1. The molecule has 1 heterocycles. The molecule has 0 bridgehead atoms. The van der Waals surface area contributed by atoms with Crippen LogP contribution >= 0.6 is 11.6 Å². The second kappa shape index (κ2) is 7.43. The summed E-state index contributed by atoms with van der Waals surface area (Å²) in [6, 6.07) is 7.48. The van der Waals surface area contributed by atoms with Gasteiger partial charge in [-0.1, -0.05) is 36.7 Å². The molecule has 21 heavy (non-hydrogen) atoms. The van der Waals surface area contributed by atoms with Gasteiger partial charge < -0.3 is 14.6 Å². The standard InChI is InChI=1S/C15H20ClN3O2/c1-4-20-14(10(2)3)15-18-13(21-19-15)9-17-12-7-5-6-11(16)8-12/h5-8,10,14,17H,4,9H2,1-3H3. The number of hydrogen-bond donors (Lipinski definition) is 1. The summed E-state index contributed by atoms with van der Waals surface area (Å²) in [4.78, 5) is 4.39. The number of benzene rings is 1. The van der Waals surface area contributed by atoms with Gasteiger partial charge in [0.05, 0.1) is 6.54 Å². The number of nitrogens with zero attached hydrogens (tertiary/aromatic N) is 2. The van der Waals surface area contributed by atoms with Gasteiger partial charge in [0, 0.05) is 17.3 Å². The lowest BCUT2D eigenvalue weighted by Crippen LogP contribution is -2.13. The Hall–Kier alpha value is -1.59. The number of hydrogen-bond acceptors (Lipinski definition) is 5. The van der Waals surface area contributed by atoms with Crippen molar-refractivity contribution in [1.29, 1.82) is 0 Å². The van der Waals surface area contributed by atoms with Gasteiger partial charge in [0.1, 0.15) is 6.10 Å². The molecule has 0 aliphatic carbocycles. The molecule has 5 nitrogen and oxygen atoms in total. The Balaban J connectivity index is 1.99. The monoisotopic (exact) mass is 309 g/mol. The molecule has 1 N–H and O–H groups in total. The Labute approximate surface area is 129 Å². The summed E-state index contributed by atoms with van der Waals surface area (Å²) < 4.78 is 10.9. The number of rotatable bonds is 7. The van der Waals surface area contributed by atoms with Crippen LogP contribution in [-0.2, 0) is 11.3 Å². The number of anilines is 1. The normalized spacial score (nSPS) is 12.6. The maximum absolute atomic E-state index is 5.93. The Morgan fingerprint density at radius 1 is 1.38 bits per heavy atom. The van der Waals surface area contributed by atoms with Crippen LogP contribution in [0.2, 0.25) is 5.02 Å². The van der Waals surface area contributed by atoms with Crippen molar-refractivity contribution in [3.63, 3.8) is 0 Å². The average Bonchev–Trinajstić information content (AvgIpc) is 2.91. The van der Waals surface area contributed by atoms with Crippen molar-refractivity contribution in [3.05, 3.63) is 41.0 Å². The fourth-order valence-corrected chi connectivity index (χ4v) is 2.17. The Morgan fingerprint density at radius 3 is 2.86 bits per heavy atom. The summed E-state index contributed by atoms with van der Waals surface area (Å²) in [5.74, 6) is 1.40. The maximum Gasteiger partial charge on any atom is 0.246 e. The topological polar surface area (TPSA) is 60.2 Å². The fourth-order valence-electron chi connectivity index (χ4n) is 1.98. The van der Waals surface area contributed by atoms with Crippen molar-refractivity contribution < 1.29 is 9.26 Å². The predicted octanol–water partition coefficient (Wildman–Crippen LogP) is 4.07. The summed E-state index contributed by atoms with van der Waals surface area (Å²) in [7, 11) is 0. The highest BCUT2D eigenvalue weighted by atomic mass is 35.5. The van der Waals surface area contributed by atoms with Crippen LogP contribution in [0.1, 0.15) is 38.6 Å². The zero-order chi connectivity index (χ0) is 15.2. The Bertz CT molecular complexity index is 572. The second-order valence-electron chi connectivity index (χ2n) is 5.03. The summed E-state index contributed by atoms with van der Waals surface area (Å²) in [6.45, 7) is 7.16. The van der Waals surface area contributed by atoms with Crippen molar-refractivity contribution in [2.24, 2.45) is 5.92 Å². The highest BCUT2D eigenvalue weighted by Crippen LogP contribution is 2.23. The largest absolute Gasteiger partial charge is 0.376 e. The third kappa shape index (κ3) is 4.44. The molecular formula is C15H20ClN3O2. The number of ether oxygens (including phenoxy) is 1. The fraction of sp³-hybridized carbons (Fsp3) is 0.467. The van der Waals surface area contributed by atoms with Crippen LogP contribution in [0.15, 0.2) is 28.8 Å². The smallest absolute Gasteiger partial charge is 0.246 e. The lowest BCUT2D eigenvalue weighted by molar-refractivity contribution is 0.0217. The average molecular weight is 310 g/mol. The maximum atomic E-state index is 5.93. The summed E-state index contributed by atoms with van der Waals surface area (Å²) in [6.07, 6.45) is -0.140. The molecule has 1 atom stereocenters. The first-order valence-electron chi connectivity index (χ1n) is 7.03. The second-order valence-corrected chi connectivity index (χ2v) is 5.47. The Kier molecular flexibility index (Phi) is 5.59. The predicted molar refractivity (Wildman–Crippen MR) is 82.3 cm³/mol. The molecule has 0 radical (unpaired) electrons. The lowest BCUT2D eigenvalue weighted by atomic mass is 10.1. The van der Waals surface area contributed by atoms with Crippen molar-refractivity contribution >= 4 is 17.3 Å². The molecule has 1 aromatic heterocycles. The van der Waals surface area contributed by atoms with Gasteiger partial charge in [0.2, 0.25) is 11.7 Å². The molecule has 0 saturated carbocycles. The van der Waals surface area contributed by atoms with Gasteiger partial charge in [-0.25, -0.2) is 0 Å². The minimum atomic E-state index is -0.140. The molecule has 0 saturated heterocycles. The van der Waals surface area contributed by atoms with Gasteiger partial charge in [-0.2, -0.15) is 4.98 Å². The van der Waals surface area contributed by atoms with E-state index in [1.807, 2.05) is 31.2 Å². The van der Waals surface area contributed by atoms with Crippen LogP contribution in [0.4, 0.5) is 5.69 Å². The van der Waals surface area contributed by atoms with Gasteiger partial charge >= 0.3 is 0 Å². The van der Waals surface area contributed by atoms with E-state index >= 15 is 0 Å². The molecule has 0 aliphatic rings. The lowest BCUT2D eigenvalue weighted by Gasteiger charge is -2.16. The van der Waals surface area contributed by atoms with Crippen LogP contribution in [-0.4, -0.2) is 16.7 Å². The van der Waals surface area contributed by atoms with E-state index in [1.165, 1.54) is 0 Å². The van der Waals surface area contributed by atoms with E-state index in [2.05, 4.69) is 29.3 Å². The molecule has 0 amide bonds. The van der Waals surface area contributed by atoms with Crippen molar-refractivity contribution in [2.45, 2.75) is 33.4 Å². The summed E-state index contributed by atoms with van der Waals surface area (Å²) in [5, 5.41) is 7.89. The third-order valence-electron chi connectivity index (χ3n) is 2.96. The third-order valence-corrected chi connectivity index (χ3v) is 3.19. The molecular weight excluding hydrogens is 290 g/mol. The van der Waals surface area contributed by atoms with Crippen LogP contribution < -0.4 is 5.32 Å². The first-order chi connectivity index (χ1) is 10.1. The highest BCUT2D eigenvalue weighted by Gasteiger charge is 2.22. The van der Waals surface area contributed by atoms with Crippen LogP contribution in [0.5, 0.6) is 0 Å². The van der Waals surface area contributed by atoms with E-state index in [0.717, 1.165) is 5.69 Å². The van der Waals surface area contributed by atoms with E-state index in [0.29, 0.717) is 29.9 Å². The molecule has 0 aliphatic heterocycles. The summed E-state index contributed by atoms with van der Waals surface area (Å²) in [5.41, 5.74) is 0.910. The van der Waals surface area contributed by atoms with E-state index in [4.69, 9.17) is 20.9 Å². The van der Waals surface area contributed by atoms with Gasteiger partial charge in [-0.05, 0) is 31.0 Å². The van der Waals surface area contributed by atoms with Crippen molar-refractivity contribution in [3.8, 4) is 0 Å². The van der Waals surface area contributed by atoms with E-state index in [1.54, 1.807) is 0 Å². The first kappa shape index (κ1) is 15.8. The SMILES string of the molecule is CCOC(c1noc(CNc2cccc(Cl)c2)n1)C(C)C. The highest BCUT2D eigenvalue weighted by molar-refractivity contribution is 6.30. The molecule has 2 aromatic rings. The molecule has 114 valence electrons. The summed E-state index contributed by atoms with van der Waals surface area (Å²) >= 11 is 5.93. The van der Waals surface area contributed by atoms with Crippen LogP contribution in [0, 0.1) is 5.92 Å². The Morgan fingerprint density at radius 2 is 2.19 bits per heavy atom.